The fourth-order valence-corrected chi connectivity index (χ4v) is 3.30. The van der Waals surface area contributed by atoms with Crippen molar-refractivity contribution in [1.82, 2.24) is 5.32 Å². The molecule has 0 aliphatic rings. The van der Waals surface area contributed by atoms with E-state index in [9.17, 15) is 14.7 Å². The second kappa shape index (κ2) is 11.6. The number of nitrogens with one attached hydrogen (secondary N) is 1. The Morgan fingerprint density at radius 3 is 2.48 bits per heavy atom. The van der Waals surface area contributed by atoms with Crippen molar-refractivity contribution in [2.45, 2.75) is 45.9 Å². The Bertz CT molecular complexity index is 915. The number of carbonyl (C=O) groups is 2. The van der Waals surface area contributed by atoms with E-state index in [2.05, 4.69) is 5.32 Å². The third-order valence-electron chi connectivity index (χ3n) is 4.41. The van der Waals surface area contributed by atoms with Gasteiger partial charge in [0.15, 0.2) is 6.10 Å². The zero-order valence-corrected chi connectivity index (χ0v) is 18.9. The maximum atomic E-state index is 12.6. The van der Waals surface area contributed by atoms with E-state index in [-0.39, 0.29) is 25.0 Å². The molecule has 0 radical (unpaired) electrons. The summed E-state index contributed by atoms with van der Waals surface area (Å²) in [5, 5.41) is 12.5. The van der Waals surface area contributed by atoms with Gasteiger partial charge in [0.1, 0.15) is 11.5 Å². The van der Waals surface area contributed by atoms with Crippen LogP contribution >= 0.6 is 11.6 Å². The number of rotatable bonds is 11. The Morgan fingerprint density at radius 1 is 1.16 bits per heavy atom. The largest absolute Gasteiger partial charge is 0.496 e. The second-order valence-electron chi connectivity index (χ2n) is 7.12. The number of hydrogen-bond acceptors (Lipinski definition) is 5. The lowest BCUT2D eigenvalue weighted by molar-refractivity contribution is -0.153. The van der Waals surface area contributed by atoms with Gasteiger partial charge in [0.25, 0.3) is 5.91 Å². The van der Waals surface area contributed by atoms with E-state index in [0.29, 0.717) is 34.3 Å². The van der Waals surface area contributed by atoms with Gasteiger partial charge in [0, 0.05) is 18.5 Å². The van der Waals surface area contributed by atoms with E-state index < -0.39 is 12.1 Å². The molecular weight excluding hydrogens is 422 g/mol. The minimum Gasteiger partial charge on any atom is -0.496 e. The topological polar surface area (TPSA) is 94.1 Å². The van der Waals surface area contributed by atoms with Crippen molar-refractivity contribution in [2.75, 3.05) is 13.7 Å². The van der Waals surface area contributed by atoms with Crippen LogP contribution in [0.25, 0.3) is 0 Å². The molecule has 0 bridgehead atoms. The van der Waals surface area contributed by atoms with Gasteiger partial charge in [-0.05, 0) is 50.6 Å². The van der Waals surface area contributed by atoms with E-state index >= 15 is 0 Å². The standard InChI is InChI=1S/C23H28ClNO6/c1-5-30-17-7-8-18(19(24)12-17)22(26)25-13-16-10-15(6-9-20(16)29-4)11-21(23(27)28)31-14(2)3/h6-10,12,14,21H,5,11,13H2,1-4H3,(H,25,26)(H,27,28). The summed E-state index contributed by atoms with van der Waals surface area (Å²) in [4.78, 5) is 24.1. The smallest absolute Gasteiger partial charge is 0.333 e. The zero-order chi connectivity index (χ0) is 23.0. The predicted molar refractivity (Wildman–Crippen MR) is 118 cm³/mol. The van der Waals surface area contributed by atoms with Crippen LogP contribution in [0.15, 0.2) is 36.4 Å². The molecule has 2 aromatic carbocycles. The number of amides is 1. The highest BCUT2D eigenvalue weighted by Crippen LogP contribution is 2.24. The molecule has 0 heterocycles. The van der Waals surface area contributed by atoms with Crippen LogP contribution < -0.4 is 14.8 Å². The molecule has 1 amide bonds. The summed E-state index contributed by atoms with van der Waals surface area (Å²) in [5.74, 6) is -0.190. The number of halogens is 1. The molecule has 0 aromatic heterocycles. The van der Waals surface area contributed by atoms with Gasteiger partial charge in [-0.3, -0.25) is 4.79 Å². The Morgan fingerprint density at radius 2 is 1.90 bits per heavy atom. The van der Waals surface area contributed by atoms with Gasteiger partial charge in [-0.2, -0.15) is 0 Å². The van der Waals surface area contributed by atoms with Crippen LogP contribution in [-0.2, 0) is 22.5 Å². The maximum Gasteiger partial charge on any atom is 0.333 e. The predicted octanol–water partition coefficient (Wildman–Crippen LogP) is 4.10. The highest BCUT2D eigenvalue weighted by molar-refractivity contribution is 6.34. The third kappa shape index (κ3) is 7.15. The van der Waals surface area contributed by atoms with Crippen molar-refractivity contribution in [1.29, 1.82) is 0 Å². The molecule has 0 spiro atoms. The normalized spacial score (nSPS) is 11.8. The summed E-state index contributed by atoms with van der Waals surface area (Å²) in [6.45, 7) is 6.13. The van der Waals surface area contributed by atoms with Crippen molar-refractivity contribution in [3.8, 4) is 11.5 Å². The lowest BCUT2D eigenvalue weighted by atomic mass is 10.0. The second-order valence-corrected chi connectivity index (χ2v) is 7.53. The quantitative estimate of drug-likeness (QED) is 0.536. The van der Waals surface area contributed by atoms with Crippen LogP contribution in [-0.4, -0.2) is 42.9 Å². The average molecular weight is 450 g/mol. The SMILES string of the molecule is CCOc1ccc(C(=O)NCc2cc(CC(OC(C)C)C(=O)O)ccc2OC)c(Cl)c1. The van der Waals surface area contributed by atoms with Gasteiger partial charge in [-0.15, -0.1) is 0 Å². The van der Waals surface area contributed by atoms with Crippen molar-refractivity contribution in [3.05, 3.63) is 58.1 Å². The van der Waals surface area contributed by atoms with E-state index in [0.717, 1.165) is 5.56 Å². The van der Waals surface area contributed by atoms with E-state index in [4.69, 9.17) is 25.8 Å². The van der Waals surface area contributed by atoms with E-state index in [1.165, 1.54) is 7.11 Å². The van der Waals surface area contributed by atoms with Crippen LogP contribution in [0.2, 0.25) is 5.02 Å². The molecule has 168 valence electrons. The molecule has 0 aliphatic carbocycles. The first-order valence-electron chi connectivity index (χ1n) is 9.99. The van der Waals surface area contributed by atoms with Gasteiger partial charge in [0.2, 0.25) is 0 Å². The summed E-state index contributed by atoms with van der Waals surface area (Å²) in [6, 6.07) is 10.2. The molecule has 2 aromatic rings. The van der Waals surface area contributed by atoms with Crippen molar-refractivity contribution in [3.63, 3.8) is 0 Å². The first-order chi connectivity index (χ1) is 14.7. The zero-order valence-electron chi connectivity index (χ0n) is 18.1. The first-order valence-corrected chi connectivity index (χ1v) is 10.4. The Labute approximate surface area is 187 Å². The molecule has 1 unspecified atom stereocenters. The average Bonchev–Trinajstić information content (AvgIpc) is 2.71. The van der Waals surface area contributed by atoms with Gasteiger partial charge >= 0.3 is 5.97 Å². The number of ether oxygens (including phenoxy) is 3. The third-order valence-corrected chi connectivity index (χ3v) is 4.73. The number of hydrogen-bond donors (Lipinski definition) is 2. The molecule has 2 N–H and O–H groups in total. The minimum atomic E-state index is -1.02. The first kappa shape index (κ1) is 24.5. The number of aliphatic carboxylic acids is 1. The monoisotopic (exact) mass is 449 g/mol. The van der Waals surface area contributed by atoms with Crippen molar-refractivity contribution < 1.29 is 28.9 Å². The number of carboxylic acids is 1. The lowest BCUT2D eigenvalue weighted by Gasteiger charge is -2.18. The molecule has 31 heavy (non-hydrogen) atoms. The van der Waals surface area contributed by atoms with Gasteiger partial charge in [-0.1, -0.05) is 23.7 Å². The highest BCUT2D eigenvalue weighted by Gasteiger charge is 2.21. The Balaban J connectivity index is 2.14. The Kier molecular flexibility index (Phi) is 9.15. The van der Waals surface area contributed by atoms with Crippen LogP contribution in [0.4, 0.5) is 0 Å². The fraction of sp³-hybridized carbons (Fsp3) is 0.391. The van der Waals surface area contributed by atoms with Gasteiger partial charge < -0.3 is 24.6 Å². The highest BCUT2D eigenvalue weighted by atomic mass is 35.5. The molecule has 0 saturated carbocycles. The van der Waals surface area contributed by atoms with Crippen molar-refractivity contribution in [2.24, 2.45) is 0 Å². The molecule has 8 heteroatoms. The van der Waals surface area contributed by atoms with Gasteiger partial charge in [0.05, 0.1) is 30.4 Å². The molecule has 0 aliphatic heterocycles. The fourth-order valence-electron chi connectivity index (χ4n) is 3.04. The van der Waals surface area contributed by atoms with E-state index in [1.54, 1.807) is 50.2 Å². The number of benzene rings is 2. The minimum absolute atomic E-state index is 0.183. The van der Waals surface area contributed by atoms with Crippen molar-refractivity contribution >= 4 is 23.5 Å². The molecule has 1 atom stereocenters. The molecule has 2 rings (SSSR count). The van der Waals surface area contributed by atoms with Crippen LogP contribution in [0, 0.1) is 0 Å². The molecular formula is C23H28ClNO6. The Hall–Kier alpha value is -2.77. The summed E-state index contributed by atoms with van der Waals surface area (Å²) < 4.78 is 16.2. The summed E-state index contributed by atoms with van der Waals surface area (Å²) in [5.41, 5.74) is 1.80. The molecule has 0 fully saturated rings. The molecule has 0 saturated heterocycles. The van der Waals surface area contributed by atoms with Crippen LogP contribution in [0.1, 0.15) is 42.3 Å². The van der Waals surface area contributed by atoms with Crippen LogP contribution in [0.5, 0.6) is 11.5 Å². The number of methoxy groups -OCH3 is 1. The number of carboxylic acid groups (broad SMARTS) is 1. The van der Waals surface area contributed by atoms with E-state index in [1.807, 2.05) is 6.92 Å². The summed E-state index contributed by atoms with van der Waals surface area (Å²) in [7, 11) is 1.53. The lowest BCUT2D eigenvalue weighted by Crippen LogP contribution is -2.29. The van der Waals surface area contributed by atoms with Gasteiger partial charge in [-0.25, -0.2) is 4.79 Å². The summed E-state index contributed by atoms with van der Waals surface area (Å²) in [6.07, 6.45) is -0.973. The number of carbonyl (C=O) groups excluding carboxylic acids is 1. The van der Waals surface area contributed by atoms with Crippen LogP contribution in [0.3, 0.4) is 0 Å². The summed E-state index contributed by atoms with van der Waals surface area (Å²) >= 11 is 6.22. The maximum absolute atomic E-state index is 12.6. The molecule has 7 nitrogen and oxygen atoms in total.